The number of aliphatic hydroxyl groups is 1. The number of hydrogen-bond acceptors (Lipinski definition) is 3. The maximum Gasteiger partial charge on any atom is 0.216 e. The number of nitrogens with one attached hydrogen (secondary N) is 1. The summed E-state index contributed by atoms with van der Waals surface area (Å²) in [7, 11) is 0. The third-order valence-corrected chi connectivity index (χ3v) is 2.09. The molecular weight excluding hydrogens is 206 g/mol. The molecule has 1 rings (SSSR count). The smallest absolute Gasteiger partial charge is 0.216 e. The SMILES string of the molecule is CC(=O)NCCc1ccccc1OCCO. The molecule has 0 heterocycles. The van der Waals surface area contributed by atoms with Crippen molar-refractivity contribution in [1.29, 1.82) is 0 Å². The Morgan fingerprint density at radius 1 is 1.44 bits per heavy atom. The van der Waals surface area contributed by atoms with E-state index < -0.39 is 0 Å². The van der Waals surface area contributed by atoms with Crippen molar-refractivity contribution in [3.8, 4) is 5.75 Å². The van der Waals surface area contributed by atoms with Crippen LogP contribution >= 0.6 is 0 Å². The van der Waals surface area contributed by atoms with Crippen LogP contribution in [0.3, 0.4) is 0 Å². The molecule has 0 fully saturated rings. The van der Waals surface area contributed by atoms with Gasteiger partial charge in [-0.25, -0.2) is 0 Å². The average Bonchev–Trinajstić information content (AvgIpc) is 2.27. The van der Waals surface area contributed by atoms with E-state index in [9.17, 15) is 4.79 Å². The second-order valence-corrected chi connectivity index (χ2v) is 3.41. The summed E-state index contributed by atoms with van der Waals surface area (Å²) < 4.78 is 5.38. The molecule has 0 unspecified atom stereocenters. The van der Waals surface area contributed by atoms with Gasteiger partial charge in [0.1, 0.15) is 12.4 Å². The van der Waals surface area contributed by atoms with Gasteiger partial charge in [0.15, 0.2) is 0 Å². The van der Waals surface area contributed by atoms with Crippen molar-refractivity contribution in [2.75, 3.05) is 19.8 Å². The Morgan fingerprint density at radius 2 is 2.19 bits per heavy atom. The molecule has 4 nitrogen and oxygen atoms in total. The second kappa shape index (κ2) is 6.85. The van der Waals surface area contributed by atoms with Crippen LogP contribution in [-0.4, -0.2) is 30.8 Å². The minimum atomic E-state index is -0.0336. The molecule has 0 atom stereocenters. The van der Waals surface area contributed by atoms with Crippen molar-refractivity contribution in [3.05, 3.63) is 29.8 Å². The normalized spacial score (nSPS) is 9.88. The fourth-order valence-electron chi connectivity index (χ4n) is 1.38. The van der Waals surface area contributed by atoms with E-state index in [-0.39, 0.29) is 19.1 Å². The Balaban J connectivity index is 2.52. The maximum absolute atomic E-state index is 10.7. The molecule has 0 aliphatic rings. The van der Waals surface area contributed by atoms with Crippen molar-refractivity contribution >= 4 is 5.91 Å². The van der Waals surface area contributed by atoms with E-state index >= 15 is 0 Å². The number of rotatable bonds is 6. The number of ether oxygens (including phenoxy) is 1. The van der Waals surface area contributed by atoms with E-state index in [0.29, 0.717) is 6.54 Å². The molecule has 0 saturated heterocycles. The first-order valence-corrected chi connectivity index (χ1v) is 5.30. The van der Waals surface area contributed by atoms with Gasteiger partial charge in [-0.1, -0.05) is 18.2 Å². The van der Waals surface area contributed by atoms with Crippen LogP contribution in [0, 0.1) is 0 Å². The molecule has 0 spiro atoms. The van der Waals surface area contributed by atoms with Crippen molar-refractivity contribution in [1.82, 2.24) is 5.32 Å². The van der Waals surface area contributed by atoms with Crippen LogP contribution in [0.15, 0.2) is 24.3 Å². The van der Waals surface area contributed by atoms with Gasteiger partial charge in [-0.05, 0) is 18.1 Å². The Hall–Kier alpha value is -1.55. The number of carbonyl (C=O) groups is 1. The maximum atomic E-state index is 10.7. The Labute approximate surface area is 95.2 Å². The number of hydrogen-bond donors (Lipinski definition) is 2. The summed E-state index contributed by atoms with van der Waals surface area (Å²) in [5.74, 6) is 0.732. The van der Waals surface area contributed by atoms with Crippen LogP contribution in [0.1, 0.15) is 12.5 Å². The van der Waals surface area contributed by atoms with Crippen LogP contribution in [-0.2, 0) is 11.2 Å². The van der Waals surface area contributed by atoms with Gasteiger partial charge in [-0.2, -0.15) is 0 Å². The van der Waals surface area contributed by atoms with Crippen molar-refractivity contribution < 1.29 is 14.6 Å². The van der Waals surface area contributed by atoms with E-state index in [0.717, 1.165) is 17.7 Å². The topological polar surface area (TPSA) is 58.6 Å². The zero-order chi connectivity index (χ0) is 11.8. The molecule has 0 aliphatic heterocycles. The van der Waals surface area contributed by atoms with Crippen LogP contribution in [0.4, 0.5) is 0 Å². The Bertz CT molecular complexity index is 339. The summed E-state index contributed by atoms with van der Waals surface area (Å²) in [4.78, 5) is 10.7. The molecule has 4 heteroatoms. The number of aliphatic hydroxyl groups excluding tert-OH is 1. The zero-order valence-corrected chi connectivity index (χ0v) is 9.40. The molecule has 0 saturated carbocycles. The monoisotopic (exact) mass is 223 g/mol. The minimum absolute atomic E-state index is 0.0000300. The predicted octanol–water partition coefficient (Wildman–Crippen LogP) is 0.736. The molecule has 2 N–H and O–H groups in total. The Morgan fingerprint density at radius 3 is 2.88 bits per heavy atom. The lowest BCUT2D eigenvalue weighted by atomic mass is 10.1. The van der Waals surface area contributed by atoms with E-state index in [4.69, 9.17) is 9.84 Å². The van der Waals surface area contributed by atoms with Gasteiger partial charge in [0.05, 0.1) is 6.61 Å². The summed E-state index contributed by atoms with van der Waals surface area (Å²) in [6.07, 6.45) is 0.723. The van der Waals surface area contributed by atoms with E-state index in [1.165, 1.54) is 6.92 Å². The van der Waals surface area contributed by atoms with E-state index in [2.05, 4.69) is 5.32 Å². The van der Waals surface area contributed by atoms with Gasteiger partial charge in [-0.15, -0.1) is 0 Å². The molecule has 1 aromatic carbocycles. The lowest BCUT2D eigenvalue weighted by Gasteiger charge is -2.10. The highest BCUT2D eigenvalue weighted by atomic mass is 16.5. The molecule has 1 amide bonds. The second-order valence-electron chi connectivity index (χ2n) is 3.41. The van der Waals surface area contributed by atoms with Crippen molar-refractivity contribution in [2.24, 2.45) is 0 Å². The molecule has 0 aromatic heterocycles. The summed E-state index contributed by atoms with van der Waals surface area (Å²) in [6, 6.07) is 7.62. The van der Waals surface area contributed by atoms with Crippen molar-refractivity contribution in [2.45, 2.75) is 13.3 Å². The van der Waals surface area contributed by atoms with E-state index in [1.807, 2.05) is 24.3 Å². The number of benzene rings is 1. The first-order valence-electron chi connectivity index (χ1n) is 5.30. The summed E-state index contributed by atoms with van der Waals surface area (Å²) in [6.45, 7) is 2.38. The molecule has 0 bridgehead atoms. The largest absolute Gasteiger partial charge is 0.491 e. The van der Waals surface area contributed by atoms with Gasteiger partial charge < -0.3 is 15.2 Å². The van der Waals surface area contributed by atoms with Gasteiger partial charge in [0, 0.05) is 13.5 Å². The molecule has 1 aromatic rings. The minimum Gasteiger partial charge on any atom is -0.491 e. The average molecular weight is 223 g/mol. The summed E-state index contributed by atoms with van der Waals surface area (Å²) in [5, 5.41) is 11.4. The molecule has 16 heavy (non-hydrogen) atoms. The highest BCUT2D eigenvalue weighted by Crippen LogP contribution is 2.17. The number of amides is 1. The zero-order valence-electron chi connectivity index (χ0n) is 9.40. The van der Waals surface area contributed by atoms with Crippen LogP contribution < -0.4 is 10.1 Å². The fraction of sp³-hybridized carbons (Fsp3) is 0.417. The first kappa shape index (κ1) is 12.5. The van der Waals surface area contributed by atoms with Gasteiger partial charge in [0.2, 0.25) is 5.91 Å². The lowest BCUT2D eigenvalue weighted by Crippen LogP contribution is -2.22. The van der Waals surface area contributed by atoms with Crippen LogP contribution in [0.5, 0.6) is 5.75 Å². The third kappa shape index (κ3) is 4.31. The molecular formula is C12H17NO3. The van der Waals surface area contributed by atoms with Crippen LogP contribution in [0.2, 0.25) is 0 Å². The standard InChI is InChI=1S/C12H17NO3/c1-10(15)13-7-6-11-4-2-3-5-12(11)16-9-8-14/h2-5,14H,6-9H2,1H3,(H,13,15). The van der Waals surface area contributed by atoms with Gasteiger partial charge >= 0.3 is 0 Å². The number of para-hydroxylation sites is 1. The number of carbonyl (C=O) groups excluding carboxylic acids is 1. The highest BCUT2D eigenvalue weighted by molar-refractivity contribution is 5.72. The Kier molecular flexibility index (Phi) is 5.36. The highest BCUT2D eigenvalue weighted by Gasteiger charge is 2.02. The van der Waals surface area contributed by atoms with Gasteiger partial charge in [0.25, 0.3) is 0 Å². The predicted molar refractivity (Wildman–Crippen MR) is 61.4 cm³/mol. The van der Waals surface area contributed by atoms with E-state index in [1.54, 1.807) is 0 Å². The summed E-state index contributed by atoms with van der Waals surface area (Å²) >= 11 is 0. The fourth-order valence-corrected chi connectivity index (χ4v) is 1.38. The quantitative estimate of drug-likeness (QED) is 0.747. The molecule has 0 aliphatic carbocycles. The lowest BCUT2D eigenvalue weighted by molar-refractivity contribution is -0.118. The summed E-state index contributed by atoms with van der Waals surface area (Å²) in [5.41, 5.74) is 1.03. The third-order valence-electron chi connectivity index (χ3n) is 2.09. The first-order chi connectivity index (χ1) is 7.74. The van der Waals surface area contributed by atoms with Gasteiger partial charge in [-0.3, -0.25) is 4.79 Å². The van der Waals surface area contributed by atoms with Crippen molar-refractivity contribution in [3.63, 3.8) is 0 Å². The molecule has 88 valence electrons. The molecule has 0 radical (unpaired) electrons. The van der Waals surface area contributed by atoms with Crippen LogP contribution in [0.25, 0.3) is 0 Å².